The van der Waals surface area contributed by atoms with Crippen molar-refractivity contribution in [1.82, 2.24) is 10.6 Å². The number of urea groups is 1. The van der Waals surface area contributed by atoms with E-state index >= 15 is 0 Å². The van der Waals surface area contributed by atoms with Gasteiger partial charge in [-0.2, -0.15) is 0 Å². The number of aliphatic carboxylic acids is 1. The van der Waals surface area contributed by atoms with Crippen molar-refractivity contribution < 1.29 is 14.7 Å². The first-order valence-corrected chi connectivity index (χ1v) is 7.37. The van der Waals surface area contributed by atoms with Crippen LogP contribution in [0.4, 0.5) is 4.79 Å². The SMILES string of the molecule is CCCC(CNC(=O)NC1CC2CCC1C2)C(=O)O. The zero-order chi connectivity index (χ0) is 13.8. The summed E-state index contributed by atoms with van der Waals surface area (Å²) in [5.41, 5.74) is 0. The zero-order valence-corrected chi connectivity index (χ0v) is 11.5. The van der Waals surface area contributed by atoms with Crippen LogP contribution in [0.25, 0.3) is 0 Å². The van der Waals surface area contributed by atoms with Gasteiger partial charge in [0.25, 0.3) is 0 Å². The van der Waals surface area contributed by atoms with Gasteiger partial charge in [-0.05, 0) is 37.5 Å². The number of fused-ring (bicyclic) bond motifs is 2. The molecule has 2 fully saturated rings. The highest BCUT2D eigenvalue weighted by Crippen LogP contribution is 2.44. The van der Waals surface area contributed by atoms with E-state index in [1.807, 2.05) is 6.92 Å². The first-order valence-electron chi connectivity index (χ1n) is 7.37. The molecule has 3 N–H and O–H groups in total. The Morgan fingerprint density at radius 3 is 2.63 bits per heavy atom. The predicted octanol–water partition coefficient (Wildman–Crippen LogP) is 1.98. The van der Waals surface area contributed by atoms with E-state index in [4.69, 9.17) is 5.11 Å². The number of amides is 2. The van der Waals surface area contributed by atoms with Crippen LogP contribution in [-0.4, -0.2) is 29.7 Å². The molecule has 2 bridgehead atoms. The molecule has 2 saturated carbocycles. The summed E-state index contributed by atoms with van der Waals surface area (Å²) in [6.07, 6.45) is 6.29. The van der Waals surface area contributed by atoms with Crippen LogP contribution in [0.5, 0.6) is 0 Å². The van der Waals surface area contributed by atoms with Crippen LogP contribution in [0.15, 0.2) is 0 Å². The monoisotopic (exact) mass is 268 g/mol. The number of nitrogens with one attached hydrogen (secondary N) is 2. The lowest BCUT2D eigenvalue weighted by Crippen LogP contribution is -2.46. The van der Waals surface area contributed by atoms with Crippen LogP contribution in [0.1, 0.15) is 45.4 Å². The van der Waals surface area contributed by atoms with E-state index in [1.165, 1.54) is 19.3 Å². The van der Waals surface area contributed by atoms with E-state index < -0.39 is 11.9 Å². The number of rotatable bonds is 6. The Balaban J connectivity index is 1.70. The van der Waals surface area contributed by atoms with Gasteiger partial charge in [0.15, 0.2) is 0 Å². The average molecular weight is 268 g/mol. The van der Waals surface area contributed by atoms with Gasteiger partial charge >= 0.3 is 12.0 Å². The van der Waals surface area contributed by atoms with Crippen molar-refractivity contribution in [3.8, 4) is 0 Å². The maximum absolute atomic E-state index is 11.8. The molecular weight excluding hydrogens is 244 g/mol. The fourth-order valence-corrected chi connectivity index (χ4v) is 3.52. The summed E-state index contributed by atoms with van der Waals surface area (Å²) < 4.78 is 0. The summed E-state index contributed by atoms with van der Waals surface area (Å²) in [6, 6.07) is 0.0908. The largest absolute Gasteiger partial charge is 0.481 e. The number of carbonyl (C=O) groups is 2. The Kier molecular flexibility index (Phi) is 4.66. The van der Waals surface area contributed by atoms with Crippen molar-refractivity contribution in [3.05, 3.63) is 0 Å². The van der Waals surface area contributed by atoms with Crippen LogP contribution in [-0.2, 0) is 4.79 Å². The van der Waals surface area contributed by atoms with Crippen LogP contribution in [0.3, 0.4) is 0 Å². The van der Waals surface area contributed by atoms with Gasteiger partial charge in [0.05, 0.1) is 5.92 Å². The summed E-state index contributed by atoms with van der Waals surface area (Å²) in [5.74, 6) is 0.127. The summed E-state index contributed by atoms with van der Waals surface area (Å²) in [4.78, 5) is 22.8. The van der Waals surface area contributed by atoms with Crippen LogP contribution in [0.2, 0.25) is 0 Å². The smallest absolute Gasteiger partial charge is 0.315 e. The van der Waals surface area contributed by atoms with Crippen molar-refractivity contribution in [2.75, 3.05) is 6.54 Å². The summed E-state index contributed by atoms with van der Waals surface area (Å²) >= 11 is 0. The van der Waals surface area contributed by atoms with Gasteiger partial charge in [-0.1, -0.05) is 19.8 Å². The van der Waals surface area contributed by atoms with Gasteiger partial charge in [0, 0.05) is 12.6 Å². The third-order valence-corrected chi connectivity index (χ3v) is 4.55. The first-order chi connectivity index (χ1) is 9.10. The van der Waals surface area contributed by atoms with Gasteiger partial charge in [-0.15, -0.1) is 0 Å². The maximum Gasteiger partial charge on any atom is 0.315 e. The molecule has 108 valence electrons. The van der Waals surface area contributed by atoms with Crippen LogP contribution >= 0.6 is 0 Å². The Hall–Kier alpha value is -1.26. The van der Waals surface area contributed by atoms with Gasteiger partial charge in [0.2, 0.25) is 0 Å². The number of hydrogen-bond donors (Lipinski definition) is 3. The van der Waals surface area contributed by atoms with Crippen molar-refractivity contribution in [3.63, 3.8) is 0 Å². The minimum absolute atomic E-state index is 0.208. The summed E-state index contributed by atoms with van der Waals surface area (Å²) in [5, 5.41) is 14.7. The highest BCUT2D eigenvalue weighted by atomic mass is 16.4. The summed E-state index contributed by atoms with van der Waals surface area (Å²) in [7, 11) is 0. The third-order valence-electron chi connectivity index (χ3n) is 4.55. The van der Waals surface area contributed by atoms with E-state index in [2.05, 4.69) is 10.6 Å². The Morgan fingerprint density at radius 2 is 2.11 bits per heavy atom. The molecule has 0 aliphatic heterocycles. The second-order valence-corrected chi connectivity index (χ2v) is 5.96. The van der Waals surface area contributed by atoms with E-state index in [0.717, 1.165) is 18.8 Å². The third kappa shape index (κ3) is 3.61. The average Bonchev–Trinajstić information content (AvgIpc) is 2.96. The molecular formula is C14H24N2O3. The Morgan fingerprint density at radius 1 is 1.32 bits per heavy atom. The highest BCUT2D eigenvalue weighted by molar-refractivity contribution is 5.76. The van der Waals surface area contributed by atoms with Gasteiger partial charge in [-0.25, -0.2) is 4.79 Å². The molecule has 2 rings (SSSR count). The number of hydrogen-bond acceptors (Lipinski definition) is 2. The lowest BCUT2D eigenvalue weighted by atomic mass is 9.95. The number of carboxylic acid groups (broad SMARTS) is 1. The Labute approximate surface area is 114 Å². The standard InChI is InChI=1S/C14H24N2O3/c1-2-3-11(13(17)18)8-15-14(19)16-12-7-9-4-5-10(12)6-9/h9-12H,2-8H2,1H3,(H,17,18)(H2,15,16,19). The maximum atomic E-state index is 11.8. The minimum Gasteiger partial charge on any atom is -0.481 e. The first kappa shape index (κ1) is 14.2. The quantitative estimate of drug-likeness (QED) is 0.689. The second-order valence-electron chi connectivity index (χ2n) is 5.96. The molecule has 0 aromatic carbocycles. The van der Waals surface area contributed by atoms with Crippen molar-refractivity contribution in [2.45, 2.75) is 51.5 Å². The Bertz CT molecular complexity index is 346. The molecule has 5 heteroatoms. The zero-order valence-electron chi connectivity index (χ0n) is 11.5. The molecule has 0 spiro atoms. The van der Waals surface area contributed by atoms with E-state index in [-0.39, 0.29) is 12.6 Å². The van der Waals surface area contributed by atoms with E-state index in [0.29, 0.717) is 18.4 Å². The number of carboxylic acids is 1. The molecule has 19 heavy (non-hydrogen) atoms. The van der Waals surface area contributed by atoms with Crippen LogP contribution in [0, 0.1) is 17.8 Å². The number of carbonyl (C=O) groups excluding carboxylic acids is 1. The molecule has 2 aliphatic carbocycles. The highest BCUT2D eigenvalue weighted by Gasteiger charge is 2.40. The van der Waals surface area contributed by atoms with Crippen molar-refractivity contribution in [1.29, 1.82) is 0 Å². The van der Waals surface area contributed by atoms with Gasteiger partial charge in [-0.3, -0.25) is 4.79 Å². The lowest BCUT2D eigenvalue weighted by Gasteiger charge is -2.23. The molecule has 2 aliphatic rings. The predicted molar refractivity (Wildman–Crippen MR) is 71.8 cm³/mol. The lowest BCUT2D eigenvalue weighted by molar-refractivity contribution is -0.141. The molecule has 4 atom stereocenters. The fraction of sp³-hybridized carbons (Fsp3) is 0.857. The minimum atomic E-state index is -0.831. The molecule has 4 unspecified atom stereocenters. The van der Waals surface area contributed by atoms with Gasteiger partial charge < -0.3 is 15.7 Å². The second kappa shape index (κ2) is 6.26. The van der Waals surface area contributed by atoms with Crippen molar-refractivity contribution in [2.24, 2.45) is 17.8 Å². The summed E-state index contributed by atoms with van der Waals surface area (Å²) in [6.45, 7) is 2.17. The molecule has 0 aromatic heterocycles. The van der Waals surface area contributed by atoms with Crippen molar-refractivity contribution >= 4 is 12.0 Å². The van der Waals surface area contributed by atoms with Gasteiger partial charge in [0.1, 0.15) is 0 Å². The molecule has 0 aromatic rings. The van der Waals surface area contributed by atoms with E-state index in [1.54, 1.807) is 0 Å². The van der Waals surface area contributed by atoms with Crippen LogP contribution < -0.4 is 10.6 Å². The van der Waals surface area contributed by atoms with E-state index in [9.17, 15) is 9.59 Å². The molecule has 0 radical (unpaired) electrons. The molecule has 0 heterocycles. The molecule has 2 amide bonds. The molecule has 0 saturated heterocycles. The topological polar surface area (TPSA) is 78.4 Å². The molecule has 5 nitrogen and oxygen atoms in total. The fourth-order valence-electron chi connectivity index (χ4n) is 3.52. The normalized spacial score (nSPS) is 30.1.